The van der Waals surface area contributed by atoms with Crippen LogP contribution in [0, 0.1) is 5.41 Å². The molecule has 132 valence electrons. The minimum atomic E-state index is -0.0671. The molecule has 0 radical (unpaired) electrons. The van der Waals surface area contributed by atoms with Crippen molar-refractivity contribution in [3.8, 4) is 0 Å². The molecule has 1 unspecified atom stereocenters. The van der Waals surface area contributed by atoms with Crippen molar-refractivity contribution in [2.24, 2.45) is 5.41 Å². The lowest BCUT2D eigenvalue weighted by Crippen LogP contribution is -2.42. The molecule has 2 fully saturated rings. The normalized spacial score (nSPS) is 21.3. The molecule has 1 saturated carbocycles. The standard InChI is InChI=1S/C18H21N3O3S/c1-13(22)21(11-14-3-9-25-12-14)16-10-18(16)4-6-20(7-5-18)17(23)15-2-8-24-19-15/h2-3,8-9,12,16H,4-7,10-11H2,1H3. The second-order valence-corrected chi connectivity index (χ2v) is 7.82. The number of aromatic nitrogens is 1. The summed E-state index contributed by atoms with van der Waals surface area (Å²) in [6.07, 6.45) is 4.34. The Balaban J connectivity index is 1.38. The molecule has 0 N–H and O–H groups in total. The maximum Gasteiger partial charge on any atom is 0.276 e. The van der Waals surface area contributed by atoms with Gasteiger partial charge in [0.2, 0.25) is 5.91 Å². The van der Waals surface area contributed by atoms with E-state index < -0.39 is 0 Å². The van der Waals surface area contributed by atoms with Crippen LogP contribution in [0.1, 0.15) is 42.2 Å². The Hall–Kier alpha value is -2.15. The summed E-state index contributed by atoms with van der Waals surface area (Å²) in [6, 6.07) is 3.98. The first kappa shape index (κ1) is 16.3. The summed E-state index contributed by atoms with van der Waals surface area (Å²) in [6.45, 7) is 3.77. The van der Waals surface area contributed by atoms with Gasteiger partial charge in [0.25, 0.3) is 5.91 Å². The van der Waals surface area contributed by atoms with E-state index in [-0.39, 0.29) is 17.2 Å². The van der Waals surface area contributed by atoms with Crippen LogP contribution in [0.3, 0.4) is 0 Å². The van der Waals surface area contributed by atoms with E-state index in [9.17, 15) is 9.59 Å². The number of rotatable bonds is 4. The van der Waals surface area contributed by atoms with Gasteiger partial charge in [0.1, 0.15) is 6.26 Å². The first-order valence-corrected chi connectivity index (χ1v) is 9.51. The number of amides is 2. The number of carbonyl (C=O) groups excluding carboxylic acids is 2. The fourth-order valence-electron chi connectivity index (χ4n) is 3.96. The molecule has 2 aromatic rings. The highest BCUT2D eigenvalue weighted by molar-refractivity contribution is 7.07. The maximum absolute atomic E-state index is 12.4. The quantitative estimate of drug-likeness (QED) is 0.842. The summed E-state index contributed by atoms with van der Waals surface area (Å²) in [4.78, 5) is 28.4. The minimum Gasteiger partial charge on any atom is -0.364 e. The lowest BCUT2D eigenvalue weighted by molar-refractivity contribution is -0.130. The predicted octanol–water partition coefficient (Wildman–Crippen LogP) is 2.78. The second kappa shape index (κ2) is 6.29. The summed E-state index contributed by atoms with van der Waals surface area (Å²) in [7, 11) is 0. The molecule has 1 saturated heterocycles. The van der Waals surface area contributed by atoms with E-state index in [1.807, 2.05) is 15.2 Å². The van der Waals surface area contributed by atoms with Crippen molar-refractivity contribution in [1.29, 1.82) is 0 Å². The highest BCUT2D eigenvalue weighted by Gasteiger charge is 2.58. The van der Waals surface area contributed by atoms with E-state index in [2.05, 4.69) is 16.6 Å². The molecule has 3 heterocycles. The van der Waals surface area contributed by atoms with E-state index in [1.54, 1.807) is 24.3 Å². The van der Waals surface area contributed by atoms with Gasteiger partial charge in [-0.25, -0.2) is 0 Å². The summed E-state index contributed by atoms with van der Waals surface area (Å²) in [5, 5.41) is 7.88. The number of carbonyl (C=O) groups is 2. The summed E-state index contributed by atoms with van der Waals surface area (Å²) < 4.78 is 4.76. The Bertz CT molecular complexity index is 749. The average molecular weight is 359 g/mol. The number of likely N-dealkylation sites (tertiary alicyclic amines) is 1. The average Bonchev–Trinajstić information content (AvgIpc) is 3.07. The first-order chi connectivity index (χ1) is 12.1. The third kappa shape index (κ3) is 3.08. The van der Waals surface area contributed by atoms with E-state index in [4.69, 9.17) is 4.52 Å². The molecule has 4 rings (SSSR count). The first-order valence-electron chi connectivity index (χ1n) is 8.57. The topological polar surface area (TPSA) is 66.7 Å². The SMILES string of the molecule is CC(=O)N(Cc1ccsc1)C1CC12CCN(C(=O)c1ccon1)CC2. The Morgan fingerprint density at radius 2 is 2.20 bits per heavy atom. The second-order valence-electron chi connectivity index (χ2n) is 7.04. The molecule has 1 aliphatic carbocycles. The molecule has 7 heteroatoms. The molecular weight excluding hydrogens is 338 g/mol. The lowest BCUT2D eigenvalue weighted by Gasteiger charge is -2.34. The summed E-state index contributed by atoms with van der Waals surface area (Å²) in [5.41, 5.74) is 1.74. The predicted molar refractivity (Wildman–Crippen MR) is 93.0 cm³/mol. The maximum atomic E-state index is 12.4. The van der Waals surface area contributed by atoms with Crippen LogP contribution in [0.2, 0.25) is 0 Å². The van der Waals surface area contributed by atoms with Gasteiger partial charge in [-0.15, -0.1) is 0 Å². The summed E-state index contributed by atoms with van der Waals surface area (Å²) >= 11 is 1.66. The van der Waals surface area contributed by atoms with E-state index in [1.165, 1.54) is 11.8 Å². The minimum absolute atomic E-state index is 0.0671. The van der Waals surface area contributed by atoms with Crippen LogP contribution in [-0.2, 0) is 11.3 Å². The number of piperidine rings is 1. The fraction of sp³-hybridized carbons (Fsp3) is 0.500. The van der Waals surface area contributed by atoms with Crippen molar-refractivity contribution < 1.29 is 14.1 Å². The Kier molecular flexibility index (Phi) is 4.11. The van der Waals surface area contributed by atoms with Crippen molar-refractivity contribution in [2.75, 3.05) is 13.1 Å². The largest absolute Gasteiger partial charge is 0.364 e. The molecule has 2 aromatic heterocycles. The Labute approximate surface area is 150 Å². The van der Waals surface area contributed by atoms with Gasteiger partial charge in [-0.05, 0) is 47.1 Å². The van der Waals surface area contributed by atoms with Crippen LogP contribution in [0.15, 0.2) is 33.7 Å². The zero-order valence-electron chi connectivity index (χ0n) is 14.2. The van der Waals surface area contributed by atoms with Crippen LogP contribution in [0.5, 0.6) is 0 Å². The van der Waals surface area contributed by atoms with Gasteiger partial charge in [0, 0.05) is 38.7 Å². The number of thiophene rings is 1. The molecule has 6 nitrogen and oxygen atoms in total. The van der Waals surface area contributed by atoms with E-state index in [0.29, 0.717) is 31.4 Å². The third-order valence-corrected chi connectivity index (χ3v) is 6.30. The monoisotopic (exact) mass is 359 g/mol. The molecule has 1 aliphatic heterocycles. The molecule has 2 aliphatic rings. The van der Waals surface area contributed by atoms with Crippen molar-refractivity contribution in [3.05, 3.63) is 40.4 Å². The van der Waals surface area contributed by atoms with Gasteiger partial charge in [0.05, 0.1) is 0 Å². The summed E-state index contributed by atoms with van der Waals surface area (Å²) in [5.74, 6) is 0.0664. The van der Waals surface area contributed by atoms with Crippen molar-refractivity contribution in [3.63, 3.8) is 0 Å². The number of nitrogens with zero attached hydrogens (tertiary/aromatic N) is 3. The molecular formula is C18H21N3O3S. The molecule has 0 aromatic carbocycles. The number of hydrogen-bond donors (Lipinski definition) is 0. The smallest absolute Gasteiger partial charge is 0.276 e. The van der Waals surface area contributed by atoms with Gasteiger partial charge < -0.3 is 14.3 Å². The molecule has 1 atom stereocenters. The Morgan fingerprint density at radius 3 is 2.80 bits per heavy atom. The van der Waals surface area contributed by atoms with Crippen LogP contribution in [0.25, 0.3) is 0 Å². The van der Waals surface area contributed by atoms with Crippen molar-refractivity contribution in [2.45, 2.75) is 38.8 Å². The third-order valence-electron chi connectivity index (χ3n) is 5.56. The van der Waals surface area contributed by atoms with Crippen LogP contribution in [0.4, 0.5) is 0 Å². The Morgan fingerprint density at radius 1 is 1.40 bits per heavy atom. The van der Waals surface area contributed by atoms with Gasteiger partial charge in [0.15, 0.2) is 5.69 Å². The highest BCUT2D eigenvalue weighted by atomic mass is 32.1. The van der Waals surface area contributed by atoms with Gasteiger partial charge in [-0.2, -0.15) is 11.3 Å². The lowest BCUT2D eigenvalue weighted by atomic mass is 9.92. The van der Waals surface area contributed by atoms with Gasteiger partial charge >= 0.3 is 0 Å². The van der Waals surface area contributed by atoms with Crippen molar-refractivity contribution >= 4 is 23.2 Å². The van der Waals surface area contributed by atoms with Crippen LogP contribution < -0.4 is 0 Å². The molecule has 1 spiro atoms. The van der Waals surface area contributed by atoms with Crippen LogP contribution >= 0.6 is 11.3 Å². The van der Waals surface area contributed by atoms with E-state index >= 15 is 0 Å². The zero-order chi connectivity index (χ0) is 17.4. The fourth-order valence-corrected chi connectivity index (χ4v) is 4.62. The molecule has 2 amide bonds. The molecule has 25 heavy (non-hydrogen) atoms. The molecule has 0 bridgehead atoms. The van der Waals surface area contributed by atoms with Gasteiger partial charge in [-0.3, -0.25) is 9.59 Å². The number of hydrogen-bond acceptors (Lipinski definition) is 5. The van der Waals surface area contributed by atoms with Crippen molar-refractivity contribution in [1.82, 2.24) is 15.0 Å². The highest BCUT2D eigenvalue weighted by Crippen LogP contribution is 2.57. The zero-order valence-corrected chi connectivity index (χ0v) is 15.0. The van der Waals surface area contributed by atoms with Crippen LogP contribution in [-0.4, -0.2) is 45.9 Å². The van der Waals surface area contributed by atoms with E-state index in [0.717, 1.165) is 19.3 Å². The van der Waals surface area contributed by atoms with Gasteiger partial charge in [-0.1, -0.05) is 5.16 Å².